The van der Waals surface area contributed by atoms with Gasteiger partial charge in [0.25, 0.3) is 0 Å². The second-order valence-electron chi connectivity index (χ2n) is 4.43. The molecule has 0 aromatic heterocycles. The van der Waals surface area contributed by atoms with Crippen LogP contribution in [0.2, 0.25) is 0 Å². The Morgan fingerprint density at radius 2 is 1.80 bits per heavy atom. The molecule has 0 aliphatic carbocycles. The zero-order chi connectivity index (χ0) is 12.1. The van der Waals surface area contributed by atoms with Crippen LogP contribution in [0.5, 0.6) is 0 Å². The number of hydrogen-bond acceptors (Lipinski definition) is 4. The summed E-state index contributed by atoms with van der Waals surface area (Å²) in [5.74, 6) is -0.982. The molecule has 0 fully saturated rings. The molecule has 0 rings (SSSR count). The first-order valence-corrected chi connectivity index (χ1v) is 4.86. The summed E-state index contributed by atoms with van der Waals surface area (Å²) in [7, 11) is 6.01. The molecule has 0 aliphatic rings. The fraction of sp³-hybridized carbons (Fsp3) is 0.800. The second-order valence-corrected chi connectivity index (χ2v) is 4.43. The Labute approximate surface area is 90.5 Å². The van der Waals surface area contributed by atoms with Crippen molar-refractivity contribution in [1.29, 1.82) is 0 Å². The van der Waals surface area contributed by atoms with Gasteiger partial charge in [0.1, 0.15) is 13.2 Å². The predicted molar refractivity (Wildman–Crippen MR) is 55.1 cm³/mol. The Balaban J connectivity index is 3.79. The first-order valence-electron chi connectivity index (χ1n) is 4.86. The molecule has 0 heterocycles. The number of carbonyl (C=O) groups excluding carboxylic acids is 2. The lowest BCUT2D eigenvalue weighted by molar-refractivity contribution is -0.870. The fourth-order valence-corrected chi connectivity index (χ4v) is 0.835. The zero-order valence-corrected chi connectivity index (χ0v) is 10.1. The Kier molecular flexibility index (Phi) is 5.28. The predicted octanol–water partition coefficient (Wildman–Crippen LogP) is 0.187. The molecule has 0 saturated heterocycles. The maximum atomic E-state index is 11.3. The van der Waals surface area contributed by atoms with E-state index in [1.807, 2.05) is 21.1 Å². The third kappa shape index (κ3) is 7.93. The summed E-state index contributed by atoms with van der Waals surface area (Å²) in [6.45, 7) is 3.80. The maximum Gasteiger partial charge on any atom is 0.347 e. The van der Waals surface area contributed by atoms with Crippen LogP contribution in [-0.4, -0.2) is 56.8 Å². The molecule has 0 amide bonds. The number of carbonyl (C=O) groups is 2. The highest BCUT2D eigenvalue weighted by Gasteiger charge is 2.18. The highest BCUT2D eigenvalue weighted by Crippen LogP contribution is 1.97. The normalized spacial score (nSPS) is 13.1. The lowest BCUT2D eigenvalue weighted by Crippen LogP contribution is -2.38. The molecular formula is C10H20NO4+. The number of rotatable bonds is 5. The van der Waals surface area contributed by atoms with Gasteiger partial charge in [0.2, 0.25) is 0 Å². The van der Waals surface area contributed by atoms with Crippen molar-refractivity contribution in [3.8, 4) is 0 Å². The summed E-state index contributed by atoms with van der Waals surface area (Å²) in [6.07, 6.45) is -0.824. The van der Waals surface area contributed by atoms with Crippen LogP contribution in [0.25, 0.3) is 0 Å². The minimum absolute atomic E-state index is 0.327. The largest absolute Gasteiger partial charge is 0.457 e. The van der Waals surface area contributed by atoms with Gasteiger partial charge in [-0.1, -0.05) is 0 Å². The van der Waals surface area contributed by atoms with E-state index in [2.05, 4.69) is 4.74 Å². The average Bonchev–Trinajstić information content (AvgIpc) is 2.00. The molecule has 88 valence electrons. The van der Waals surface area contributed by atoms with Crippen molar-refractivity contribution in [2.45, 2.75) is 20.0 Å². The number of hydrogen-bond donors (Lipinski definition) is 0. The van der Waals surface area contributed by atoms with E-state index in [4.69, 9.17) is 4.74 Å². The first kappa shape index (κ1) is 13.9. The van der Waals surface area contributed by atoms with Crippen molar-refractivity contribution in [1.82, 2.24) is 0 Å². The van der Waals surface area contributed by atoms with Crippen LogP contribution >= 0.6 is 0 Å². The van der Waals surface area contributed by atoms with Gasteiger partial charge in [-0.3, -0.25) is 4.79 Å². The van der Waals surface area contributed by atoms with Gasteiger partial charge in [-0.2, -0.15) is 0 Å². The number of likely N-dealkylation sites (N-methyl/N-ethyl adjacent to an activating group) is 1. The van der Waals surface area contributed by atoms with E-state index >= 15 is 0 Å². The van der Waals surface area contributed by atoms with Crippen molar-refractivity contribution in [3.05, 3.63) is 0 Å². The minimum atomic E-state index is -0.824. The van der Waals surface area contributed by atoms with Crippen molar-refractivity contribution in [3.63, 3.8) is 0 Å². The molecule has 0 saturated carbocycles. The summed E-state index contributed by atoms with van der Waals surface area (Å²) in [6, 6.07) is 0. The van der Waals surface area contributed by atoms with Gasteiger partial charge < -0.3 is 14.0 Å². The quantitative estimate of drug-likeness (QED) is 0.488. The molecule has 1 atom stereocenters. The van der Waals surface area contributed by atoms with Gasteiger partial charge in [0.05, 0.1) is 21.1 Å². The van der Waals surface area contributed by atoms with Crippen LogP contribution in [0.3, 0.4) is 0 Å². The lowest BCUT2D eigenvalue weighted by Gasteiger charge is -2.23. The van der Waals surface area contributed by atoms with E-state index in [0.717, 1.165) is 11.0 Å². The van der Waals surface area contributed by atoms with Gasteiger partial charge in [0.15, 0.2) is 6.10 Å². The zero-order valence-electron chi connectivity index (χ0n) is 10.1. The van der Waals surface area contributed by atoms with Crippen LogP contribution in [-0.2, 0) is 19.1 Å². The number of nitrogens with zero attached hydrogens (tertiary/aromatic N) is 1. The Bertz CT molecular complexity index is 232. The van der Waals surface area contributed by atoms with Crippen LogP contribution < -0.4 is 0 Å². The SMILES string of the molecule is CC(=O)O[C@@H](C)C(=O)OCC[N+](C)(C)C. The Morgan fingerprint density at radius 3 is 2.20 bits per heavy atom. The van der Waals surface area contributed by atoms with Crippen LogP contribution in [0.1, 0.15) is 13.8 Å². The van der Waals surface area contributed by atoms with Gasteiger partial charge in [-0.15, -0.1) is 0 Å². The third-order valence-electron chi connectivity index (χ3n) is 1.68. The monoisotopic (exact) mass is 218 g/mol. The molecule has 0 bridgehead atoms. The molecule has 15 heavy (non-hydrogen) atoms. The Morgan fingerprint density at radius 1 is 1.27 bits per heavy atom. The Hall–Kier alpha value is -1.10. The van der Waals surface area contributed by atoms with Crippen molar-refractivity contribution < 1.29 is 23.5 Å². The summed E-state index contributed by atoms with van der Waals surface area (Å²) < 4.78 is 10.3. The van der Waals surface area contributed by atoms with E-state index in [1.165, 1.54) is 13.8 Å². The van der Waals surface area contributed by atoms with Crippen LogP contribution in [0.4, 0.5) is 0 Å². The second kappa shape index (κ2) is 5.70. The van der Waals surface area contributed by atoms with Gasteiger partial charge in [-0.05, 0) is 6.92 Å². The minimum Gasteiger partial charge on any atom is -0.457 e. The molecule has 0 radical (unpaired) electrons. The van der Waals surface area contributed by atoms with Crippen molar-refractivity contribution >= 4 is 11.9 Å². The molecule has 0 aromatic carbocycles. The summed E-state index contributed by atoms with van der Waals surface area (Å²) >= 11 is 0. The van der Waals surface area contributed by atoms with Crippen LogP contribution in [0.15, 0.2) is 0 Å². The summed E-state index contributed by atoms with van der Waals surface area (Å²) in [4.78, 5) is 21.8. The van der Waals surface area contributed by atoms with Crippen LogP contribution in [0, 0.1) is 0 Å². The lowest BCUT2D eigenvalue weighted by atomic mass is 10.4. The number of quaternary nitrogens is 1. The molecule has 0 N–H and O–H groups in total. The van der Waals surface area contributed by atoms with Gasteiger partial charge in [0, 0.05) is 6.92 Å². The molecule has 5 nitrogen and oxygen atoms in total. The third-order valence-corrected chi connectivity index (χ3v) is 1.68. The van der Waals surface area contributed by atoms with E-state index in [0.29, 0.717) is 6.61 Å². The molecule has 0 aromatic rings. The van der Waals surface area contributed by atoms with E-state index in [-0.39, 0.29) is 0 Å². The molecule has 0 aliphatic heterocycles. The summed E-state index contributed by atoms with van der Waals surface area (Å²) in [5.41, 5.74) is 0. The van der Waals surface area contributed by atoms with E-state index in [9.17, 15) is 9.59 Å². The average molecular weight is 218 g/mol. The highest BCUT2D eigenvalue weighted by atomic mass is 16.6. The molecule has 5 heteroatoms. The summed E-state index contributed by atoms with van der Waals surface area (Å²) in [5, 5.41) is 0. The fourth-order valence-electron chi connectivity index (χ4n) is 0.835. The van der Waals surface area contributed by atoms with Crippen molar-refractivity contribution in [2.75, 3.05) is 34.3 Å². The topological polar surface area (TPSA) is 52.6 Å². The highest BCUT2D eigenvalue weighted by molar-refractivity contribution is 5.78. The molecular weight excluding hydrogens is 198 g/mol. The standard InChI is InChI=1S/C10H20NO4/c1-8(15-9(2)12)10(13)14-7-6-11(3,4)5/h8H,6-7H2,1-5H3/q+1/t8-/m0/s1. The molecule has 0 unspecified atom stereocenters. The van der Waals surface area contributed by atoms with Crippen molar-refractivity contribution in [2.24, 2.45) is 0 Å². The number of ether oxygens (including phenoxy) is 2. The van der Waals surface area contributed by atoms with E-state index in [1.54, 1.807) is 0 Å². The number of esters is 2. The van der Waals surface area contributed by atoms with Gasteiger partial charge >= 0.3 is 11.9 Å². The van der Waals surface area contributed by atoms with Gasteiger partial charge in [-0.25, -0.2) is 4.79 Å². The smallest absolute Gasteiger partial charge is 0.347 e. The first-order chi connectivity index (χ1) is 6.72. The maximum absolute atomic E-state index is 11.3. The molecule has 0 spiro atoms. The van der Waals surface area contributed by atoms with E-state index < -0.39 is 18.0 Å².